The maximum absolute atomic E-state index is 8.56. The van der Waals surface area contributed by atoms with Crippen molar-refractivity contribution in [3.63, 3.8) is 0 Å². The second-order valence-electron chi connectivity index (χ2n) is 2.55. The summed E-state index contributed by atoms with van der Waals surface area (Å²) in [5.41, 5.74) is 0.943. The molecule has 68 valence electrons. The quantitative estimate of drug-likeness (QED) is 0.702. The van der Waals surface area contributed by atoms with Gasteiger partial charge < -0.3 is 9.84 Å². The maximum Gasteiger partial charge on any atom is 0.143 e. The highest BCUT2D eigenvalue weighted by Crippen LogP contribution is 2.15. The molecular weight excluding hydrogens is 164 g/mol. The standard InChI is InChI=1S/C11H12O2/c1-2-11(13-9-8-12)10-6-4-3-5-7-10/h1,3-7,11-12H,8-9H2. The highest BCUT2D eigenvalue weighted by atomic mass is 16.5. The van der Waals surface area contributed by atoms with E-state index in [1.54, 1.807) is 0 Å². The second-order valence-corrected chi connectivity index (χ2v) is 2.55. The van der Waals surface area contributed by atoms with E-state index >= 15 is 0 Å². The molecule has 0 saturated carbocycles. The Morgan fingerprint density at radius 1 is 1.38 bits per heavy atom. The smallest absolute Gasteiger partial charge is 0.143 e. The molecule has 1 rings (SSSR count). The third-order valence-electron chi connectivity index (χ3n) is 1.63. The Balaban J connectivity index is 2.63. The fraction of sp³-hybridized carbons (Fsp3) is 0.273. The largest absolute Gasteiger partial charge is 0.394 e. The monoisotopic (exact) mass is 176 g/mol. The van der Waals surface area contributed by atoms with Crippen LogP contribution >= 0.6 is 0 Å². The van der Waals surface area contributed by atoms with Crippen LogP contribution in [0.2, 0.25) is 0 Å². The lowest BCUT2D eigenvalue weighted by Crippen LogP contribution is -2.05. The number of ether oxygens (including phenoxy) is 1. The molecule has 1 aromatic rings. The van der Waals surface area contributed by atoms with Crippen molar-refractivity contribution in [2.45, 2.75) is 6.10 Å². The minimum Gasteiger partial charge on any atom is -0.394 e. The summed E-state index contributed by atoms with van der Waals surface area (Å²) in [5.74, 6) is 2.52. The molecule has 1 unspecified atom stereocenters. The Kier molecular flexibility index (Phi) is 4.04. The molecule has 0 aliphatic heterocycles. The molecule has 0 saturated heterocycles. The van der Waals surface area contributed by atoms with Crippen LogP contribution in [0.15, 0.2) is 30.3 Å². The van der Waals surface area contributed by atoms with Crippen LogP contribution in [0.3, 0.4) is 0 Å². The summed E-state index contributed by atoms with van der Waals surface area (Å²) >= 11 is 0. The Bertz CT molecular complexity index is 274. The van der Waals surface area contributed by atoms with Crippen molar-refractivity contribution in [3.05, 3.63) is 35.9 Å². The number of benzene rings is 1. The van der Waals surface area contributed by atoms with Crippen molar-refractivity contribution in [3.8, 4) is 12.3 Å². The minimum atomic E-state index is -0.353. The van der Waals surface area contributed by atoms with Gasteiger partial charge in [-0.1, -0.05) is 36.3 Å². The summed E-state index contributed by atoms with van der Waals surface area (Å²) in [7, 11) is 0. The molecule has 0 aromatic heterocycles. The van der Waals surface area contributed by atoms with Gasteiger partial charge in [0.2, 0.25) is 0 Å². The number of hydrogen-bond acceptors (Lipinski definition) is 2. The fourth-order valence-corrected chi connectivity index (χ4v) is 1.04. The van der Waals surface area contributed by atoms with Crippen molar-refractivity contribution in [1.29, 1.82) is 0 Å². The Labute approximate surface area is 78.2 Å². The molecule has 13 heavy (non-hydrogen) atoms. The van der Waals surface area contributed by atoms with Gasteiger partial charge in [-0.05, 0) is 5.56 Å². The lowest BCUT2D eigenvalue weighted by Gasteiger charge is -2.10. The lowest BCUT2D eigenvalue weighted by molar-refractivity contribution is 0.0593. The molecule has 2 nitrogen and oxygen atoms in total. The van der Waals surface area contributed by atoms with E-state index in [1.807, 2.05) is 30.3 Å². The van der Waals surface area contributed by atoms with Crippen molar-refractivity contribution in [1.82, 2.24) is 0 Å². The van der Waals surface area contributed by atoms with Gasteiger partial charge in [0, 0.05) is 0 Å². The van der Waals surface area contributed by atoms with Crippen LogP contribution in [0.5, 0.6) is 0 Å². The summed E-state index contributed by atoms with van der Waals surface area (Å²) < 4.78 is 5.24. The van der Waals surface area contributed by atoms with E-state index in [0.29, 0.717) is 0 Å². The van der Waals surface area contributed by atoms with Crippen molar-refractivity contribution >= 4 is 0 Å². The molecule has 1 aromatic carbocycles. The predicted molar refractivity (Wildman–Crippen MR) is 51.1 cm³/mol. The van der Waals surface area contributed by atoms with Crippen LogP contribution in [0, 0.1) is 12.3 Å². The number of aliphatic hydroxyl groups excluding tert-OH is 1. The van der Waals surface area contributed by atoms with Gasteiger partial charge in [0.15, 0.2) is 0 Å². The van der Waals surface area contributed by atoms with Crippen molar-refractivity contribution in [2.24, 2.45) is 0 Å². The molecular formula is C11H12O2. The normalized spacial score (nSPS) is 12.0. The summed E-state index contributed by atoms with van der Waals surface area (Å²) in [4.78, 5) is 0. The molecule has 1 atom stereocenters. The van der Waals surface area contributed by atoms with Crippen LogP contribution in [-0.2, 0) is 4.74 Å². The van der Waals surface area contributed by atoms with Gasteiger partial charge in [-0.2, -0.15) is 0 Å². The van der Waals surface area contributed by atoms with Crippen molar-refractivity contribution in [2.75, 3.05) is 13.2 Å². The van der Waals surface area contributed by atoms with Gasteiger partial charge in [-0.25, -0.2) is 0 Å². The highest BCUT2D eigenvalue weighted by Gasteiger charge is 2.06. The molecule has 0 heterocycles. The predicted octanol–water partition coefficient (Wildman–Crippen LogP) is 1.37. The number of hydrogen-bond donors (Lipinski definition) is 1. The number of rotatable bonds is 4. The van der Waals surface area contributed by atoms with Gasteiger partial charge >= 0.3 is 0 Å². The van der Waals surface area contributed by atoms with E-state index in [4.69, 9.17) is 16.3 Å². The summed E-state index contributed by atoms with van der Waals surface area (Å²) in [6.45, 7) is 0.259. The molecule has 0 aliphatic rings. The molecule has 0 spiro atoms. The second kappa shape index (κ2) is 5.36. The van der Waals surface area contributed by atoms with E-state index in [0.717, 1.165) is 5.56 Å². The molecule has 0 bridgehead atoms. The molecule has 0 amide bonds. The van der Waals surface area contributed by atoms with Crippen LogP contribution in [0.1, 0.15) is 11.7 Å². The summed E-state index contributed by atoms with van der Waals surface area (Å²) in [6.07, 6.45) is 4.94. The van der Waals surface area contributed by atoms with Gasteiger partial charge in [0.1, 0.15) is 6.10 Å². The molecule has 1 N–H and O–H groups in total. The molecule has 0 aliphatic carbocycles. The van der Waals surface area contributed by atoms with E-state index < -0.39 is 0 Å². The maximum atomic E-state index is 8.56. The summed E-state index contributed by atoms with van der Waals surface area (Å²) in [5, 5.41) is 8.56. The Hall–Kier alpha value is -1.30. The van der Waals surface area contributed by atoms with Gasteiger partial charge in [0.25, 0.3) is 0 Å². The summed E-state index contributed by atoms with van der Waals surface area (Å²) in [6, 6.07) is 9.54. The first-order valence-corrected chi connectivity index (χ1v) is 4.12. The average Bonchev–Trinajstić information content (AvgIpc) is 2.21. The molecule has 0 fully saturated rings. The number of aliphatic hydroxyl groups is 1. The highest BCUT2D eigenvalue weighted by molar-refractivity contribution is 5.23. The third-order valence-corrected chi connectivity index (χ3v) is 1.63. The topological polar surface area (TPSA) is 29.5 Å². The SMILES string of the molecule is C#CC(OCCO)c1ccccc1. The zero-order chi connectivity index (χ0) is 9.52. The van der Waals surface area contributed by atoms with Gasteiger partial charge in [0.05, 0.1) is 13.2 Å². The third kappa shape index (κ3) is 2.90. The van der Waals surface area contributed by atoms with Crippen LogP contribution in [0.25, 0.3) is 0 Å². The van der Waals surface area contributed by atoms with Crippen LogP contribution < -0.4 is 0 Å². The van der Waals surface area contributed by atoms with Crippen LogP contribution in [-0.4, -0.2) is 18.3 Å². The van der Waals surface area contributed by atoms with Crippen molar-refractivity contribution < 1.29 is 9.84 Å². The minimum absolute atomic E-state index is 0.00892. The van der Waals surface area contributed by atoms with E-state index in [9.17, 15) is 0 Å². The Morgan fingerprint density at radius 3 is 2.62 bits per heavy atom. The first-order chi connectivity index (χ1) is 6.38. The van der Waals surface area contributed by atoms with Gasteiger partial charge in [-0.15, -0.1) is 6.42 Å². The molecule has 0 radical (unpaired) electrons. The van der Waals surface area contributed by atoms with Crippen LogP contribution in [0.4, 0.5) is 0 Å². The lowest BCUT2D eigenvalue weighted by atomic mass is 10.1. The molecule has 2 heteroatoms. The zero-order valence-corrected chi connectivity index (χ0v) is 7.31. The zero-order valence-electron chi connectivity index (χ0n) is 7.31. The average molecular weight is 176 g/mol. The fourth-order valence-electron chi connectivity index (χ4n) is 1.04. The van der Waals surface area contributed by atoms with E-state index in [1.165, 1.54) is 0 Å². The van der Waals surface area contributed by atoms with Gasteiger partial charge in [-0.3, -0.25) is 0 Å². The Morgan fingerprint density at radius 2 is 2.08 bits per heavy atom. The van der Waals surface area contributed by atoms with E-state index in [2.05, 4.69) is 5.92 Å². The first kappa shape index (κ1) is 9.79. The van der Waals surface area contributed by atoms with E-state index in [-0.39, 0.29) is 19.3 Å². The first-order valence-electron chi connectivity index (χ1n) is 4.12. The number of terminal acetylenes is 1.